The van der Waals surface area contributed by atoms with Crippen LogP contribution in [0.3, 0.4) is 0 Å². The van der Waals surface area contributed by atoms with Gasteiger partial charge in [0.05, 0.1) is 4.90 Å². The molecule has 0 aromatic heterocycles. The van der Waals surface area contributed by atoms with Crippen LogP contribution in [0, 0.1) is 0 Å². The molecule has 100 valence electrons. The Hall–Kier alpha value is -1.11. The van der Waals surface area contributed by atoms with Crippen LogP contribution >= 0.6 is 0 Å². The van der Waals surface area contributed by atoms with Crippen LogP contribution in [0.4, 0.5) is 0 Å². The van der Waals surface area contributed by atoms with E-state index in [-0.39, 0.29) is 17.0 Å². The molecule has 0 fully saturated rings. The number of hydrogen-bond acceptors (Lipinski definition) is 4. The summed E-state index contributed by atoms with van der Waals surface area (Å²) in [5.41, 5.74) is 6.45. The maximum atomic E-state index is 12.0. The highest BCUT2D eigenvalue weighted by molar-refractivity contribution is 7.89. The van der Waals surface area contributed by atoms with Crippen molar-refractivity contribution in [1.29, 1.82) is 0 Å². The minimum Gasteiger partial charge on any atom is -0.488 e. The molecule has 0 aliphatic carbocycles. The standard InChI is InChI=1S/C12H18N2O3S/c1-8(2)14-18(15,16)11-3-4-12-9(6-11)5-10(7-13)17-12/h3-4,6,8,10,14H,5,7,13H2,1-2H3. The van der Waals surface area contributed by atoms with Crippen LogP contribution in [-0.2, 0) is 16.4 Å². The third-order valence-corrected chi connectivity index (χ3v) is 4.39. The van der Waals surface area contributed by atoms with E-state index in [9.17, 15) is 8.42 Å². The molecule has 0 saturated heterocycles. The lowest BCUT2D eigenvalue weighted by Gasteiger charge is -2.10. The fourth-order valence-corrected chi connectivity index (χ4v) is 3.28. The highest BCUT2D eigenvalue weighted by atomic mass is 32.2. The molecule has 18 heavy (non-hydrogen) atoms. The Balaban J connectivity index is 2.29. The van der Waals surface area contributed by atoms with Gasteiger partial charge in [-0.1, -0.05) is 0 Å². The van der Waals surface area contributed by atoms with Crippen LogP contribution in [0.5, 0.6) is 5.75 Å². The minimum atomic E-state index is -3.44. The number of ether oxygens (including phenoxy) is 1. The van der Waals surface area contributed by atoms with E-state index in [1.165, 1.54) is 0 Å². The summed E-state index contributed by atoms with van der Waals surface area (Å²) in [6.45, 7) is 4.01. The molecule has 1 aliphatic rings. The number of rotatable bonds is 4. The average molecular weight is 270 g/mol. The SMILES string of the molecule is CC(C)NS(=O)(=O)c1ccc2c(c1)CC(CN)O2. The highest BCUT2D eigenvalue weighted by Gasteiger charge is 2.24. The van der Waals surface area contributed by atoms with Crippen molar-refractivity contribution >= 4 is 10.0 Å². The number of sulfonamides is 1. The molecule has 5 nitrogen and oxygen atoms in total. The van der Waals surface area contributed by atoms with E-state index in [4.69, 9.17) is 10.5 Å². The molecule has 0 radical (unpaired) electrons. The van der Waals surface area contributed by atoms with E-state index in [1.807, 2.05) is 0 Å². The summed E-state index contributed by atoms with van der Waals surface area (Å²) < 4.78 is 32.2. The lowest BCUT2D eigenvalue weighted by Crippen LogP contribution is -2.30. The third-order valence-electron chi connectivity index (χ3n) is 2.74. The van der Waals surface area contributed by atoms with Crippen molar-refractivity contribution in [2.24, 2.45) is 5.73 Å². The summed E-state index contributed by atoms with van der Waals surface area (Å²) in [4.78, 5) is 0.274. The van der Waals surface area contributed by atoms with Crippen LogP contribution < -0.4 is 15.2 Å². The first kappa shape index (κ1) is 13.3. The first-order chi connectivity index (χ1) is 8.42. The van der Waals surface area contributed by atoms with E-state index >= 15 is 0 Å². The van der Waals surface area contributed by atoms with E-state index in [1.54, 1.807) is 32.0 Å². The van der Waals surface area contributed by atoms with Gasteiger partial charge in [-0.25, -0.2) is 13.1 Å². The maximum absolute atomic E-state index is 12.0. The van der Waals surface area contributed by atoms with Crippen molar-refractivity contribution in [1.82, 2.24) is 4.72 Å². The van der Waals surface area contributed by atoms with Crippen molar-refractivity contribution in [3.8, 4) is 5.75 Å². The summed E-state index contributed by atoms with van der Waals surface area (Å²) in [5, 5.41) is 0. The highest BCUT2D eigenvalue weighted by Crippen LogP contribution is 2.30. The third kappa shape index (κ3) is 2.66. The Morgan fingerprint density at radius 3 is 2.83 bits per heavy atom. The normalized spacial score (nSPS) is 18.8. The first-order valence-corrected chi connectivity index (χ1v) is 7.42. The van der Waals surface area contributed by atoms with Gasteiger partial charge in [0, 0.05) is 19.0 Å². The second kappa shape index (κ2) is 4.87. The first-order valence-electron chi connectivity index (χ1n) is 5.94. The van der Waals surface area contributed by atoms with Crippen molar-refractivity contribution in [2.45, 2.75) is 37.3 Å². The Morgan fingerprint density at radius 2 is 2.22 bits per heavy atom. The summed E-state index contributed by atoms with van der Waals surface area (Å²) >= 11 is 0. The lowest BCUT2D eigenvalue weighted by molar-refractivity contribution is 0.241. The molecular weight excluding hydrogens is 252 g/mol. The summed E-state index contributed by atoms with van der Waals surface area (Å²) in [7, 11) is -3.44. The van der Waals surface area contributed by atoms with Crippen LogP contribution in [0.25, 0.3) is 0 Å². The molecule has 1 aromatic carbocycles. The molecule has 0 bridgehead atoms. The zero-order valence-electron chi connectivity index (χ0n) is 10.5. The van der Waals surface area contributed by atoms with E-state index in [0.29, 0.717) is 13.0 Å². The van der Waals surface area contributed by atoms with E-state index in [2.05, 4.69) is 4.72 Å². The van der Waals surface area contributed by atoms with Gasteiger partial charge in [0.15, 0.2) is 0 Å². The van der Waals surface area contributed by atoms with E-state index in [0.717, 1.165) is 11.3 Å². The molecule has 1 aliphatic heterocycles. The van der Waals surface area contributed by atoms with Gasteiger partial charge in [-0.15, -0.1) is 0 Å². The molecule has 2 rings (SSSR count). The van der Waals surface area contributed by atoms with Gasteiger partial charge in [0.25, 0.3) is 0 Å². The predicted octanol–water partition coefficient (Wildman–Crippen LogP) is 0.636. The van der Waals surface area contributed by atoms with Crippen LogP contribution in [-0.4, -0.2) is 27.1 Å². The molecule has 3 N–H and O–H groups in total. The number of fused-ring (bicyclic) bond motifs is 1. The van der Waals surface area contributed by atoms with Crippen molar-refractivity contribution < 1.29 is 13.2 Å². The topological polar surface area (TPSA) is 81.4 Å². The van der Waals surface area contributed by atoms with Crippen molar-refractivity contribution in [2.75, 3.05) is 6.54 Å². The second-order valence-corrected chi connectivity index (χ2v) is 6.44. The fourth-order valence-electron chi connectivity index (χ4n) is 1.97. The van der Waals surface area contributed by atoms with Gasteiger partial charge in [-0.2, -0.15) is 0 Å². The number of hydrogen-bond donors (Lipinski definition) is 2. The van der Waals surface area contributed by atoms with Crippen molar-refractivity contribution in [3.63, 3.8) is 0 Å². The number of nitrogens with two attached hydrogens (primary N) is 1. The minimum absolute atomic E-state index is 0.0454. The van der Waals surface area contributed by atoms with Crippen molar-refractivity contribution in [3.05, 3.63) is 23.8 Å². The smallest absolute Gasteiger partial charge is 0.240 e. The zero-order valence-corrected chi connectivity index (χ0v) is 11.3. The monoisotopic (exact) mass is 270 g/mol. The van der Waals surface area contributed by atoms with Crippen LogP contribution in [0.1, 0.15) is 19.4 Å². The molecule has 6 heteroatoms. The maximum Gasteiger partial charge on any atom is 0.240 e. The molecule has 0 saturated carbocycles. The quantitative estimate of drug-likeness (QED) is 0.841. The van der Waals surface area contributed by atoms with E-state index < -0.39 is 10.0 Å². The van der Waals surface area contributed by atoms with Gasteiger partial charge < -0.3 is 10.5 Å². The second-order valence-electron chi connectivity index (χ2n) is 4.73. The lowest BCUT2D eigenvalue weighted by atomic mass is 10.1. The molecule has 1 heterocycles. The van der Waals surface area contributed by atoms with Gasteiger partial charge in [0.1, 0.15) is 11.9 Å². The van der Waals surface area contributed by atoms with Crippen LogP contribution in [0.15, 0.2) is 23.1 Å². The average Bonchev–Trinajstić information content (AvgIpc) is 2.68. The summed E-state index contributed by atoms with van der Waals surface area (Å²) in [5.74, 6) is 0.731. The summed E-state index contributed by atoms with van der Waals surface area (Å²) in [6, 6.07) is 4.79. The molecule has 0 amide bonds. The molecule has 1 atom stereocenters. The zero-order chi connectivity index (χ0) is 13.3. The Kier molecular flexibility index (Phi) is 3.61. The molecule has 1 unspecified atom stereocenters. The fraction of sp³-hybridized carbons (Fsp3) is 0.500. The van der Waals surface area contributed by atoms with Crippen LogP contribution in [0.2, 0.25) is 0 Å². The van der Waals surface area contributed by atoms with Gasteiger partial charge >= 0.3 is 0 Å². The molecule has 1 aromatic rings. The van der Waals surface area contributed by atoms with Gasteiger partial charge in [0.2, 0.25) is 10.0 Å². The Bertz CT molecular complexity index is 540. The molecule has 0 spiro atoms. The Labute approximate surface area is 107 Å². The molecular formula is C12H18N2O3S. The number of nitrogens with one attached hydrogen (secondary N) is 1. The largest absolute Gasteiger partial charge is 0.488 e. The Morgan fingerprint density at radius 1 is 1.50 bits per heavy atom. The predicted molar refractivity (Wildman–Crippen MR) is 69.1 cm³/mol. The number of benzene rings is 1. The van der Waals surface area contributed by atoms with Gasteiger partial charge in [-0.3, -0.25) is 0 Å². The van der Waals surface area contributed by atoms with Gasteiger partial charge in [-0.05, 0) is 37.6 Å². The summed E-state index contributed by atoms with van der Waals surface area (Å²) in [6.07, 6.45) is 0.618.